The molecule has 74 heavy (non-hydrogen) atoms. The summed E-state index contributed by atoms with van der Waals surface area (Å²) in [7, 11) is 0. The van der Waals surface area contributed by atoms with Crippen LogP contribution in [0.15, 0.2) is 116 Å². The third-order valence-corrected chi connectivity index (χ3v) is 15.9. The molecule has 3 fully saturated rings. The Morgan fingerprint density at radius 1 is 0.541 bits per heavy atom. The quantitative estimate of drug-likeness (QED) is 0.129. The molecule has 4 aromatic carbocycles. The maximum atomic E-state index is 13.8. The Bertz CT molecular complexity index is 3460. The standard InChI is InChI=1S/C32H32N6O3S.C24H21N3O4S/c39-31(36-13-4-1-5-14-36)25-19-28(32(40)37-15-10-22(11-16-37)38-17-12-33-21-38)34-26-9-8-23(18-24(25)26)41-20-30-35-27-6-2-3-7-29(27)42-30;28-23(27-10-4-1-5-11-27)17-13-20(24(29)30)25-18-9-8-15(12-16(17)18)31-14-22-26-19-6-2-3-7-21(19)32-22/h2-3,6-9,12,17-19,21-22H,1,4-5,10-11,13-16,20H2;2-3,6-9,12-13H,1,4-5,10-11,14H2,(H,29,30). The first-order chi connectivity index (χ1) is 36.2. The van der Waals surface area contributed by atoms with Crippen LogP contribution in [0, 0.1) is 0 Å². The monoisotopic (exact) mass is 1030 g/mol. The van der Waals surface area contributed by atoms with E-state index < -0.39 is 5.97 Å². The van der Waals surface area contributed by atoms with Gasteiger partial charge in [0.05, 0.1) is 48.9 Å². The van der Waals surface area contributed by atoms with Gasteiger partial charge >= 0.3 is 5.97 Å². The number of rotatable bonds is 11. The van der Waals surface area contributed by atoms with Crippen LogP contribution < -0.4 is 9.47 Å². The van der Waals surface area contributed by atoms with E-state index in [1.807, 2.05) is 83.0 Å². The van der Waals surface area contributed by atoms with Crippen LogP contribution in [0.4, 0.5) is 0 Å². The fraction of sp³-hybridized carbons (Fsp3) is 0.304. The fourth-order valence-corrected chi connectivity index (χ4v) is 11.7. The second-order valence-corrected chi connectivity index (χ2v) is 21.0. The van der Waals surface area contributed by atoms with Gasteiger partial charge in [0.1, 0.15) is 46.1 Å². The average Bonchev–Trinajstić information content (AvgIpc) is 4.25. The summed E-state index contributed by atoms with van der Waals surface area (Å²) in [5, 5.41) is 12.5. The predicted molar refractivity (Wildman–Crippen MR) is 284 cm³/mol. The molecular formula is C56H53N9O7S2. The highest BCUT2D eigenvalue weighted by Crippen LogP contribution is 2.32. The topological polar surface area (TPSA) is 186 Å². The molecule has 0 atom stereocenters. The van der Waals surface area contributed by atoms with Crippen molar-refractivity contribution >= 4 is 88.6 Å². The van der Waals surface area contributed by atoms with Crippen molar-refractivity contribution in [1.29, 1.82) is 0 Å². The molecule has 16 nitrogen and oxygen atoms in total. The van der Waals surface area contributed by atoms with Gasteiger partial charge in [0.25, 0.3) is 17.7 Å². The number of likely N-dealkylation sites (tertiary alicyclic amines) is 3. The minimum absolute atomic E-state index is 0.0571. The van der Waals surface area contributed by atoms with Crippen molar-refractivity contribution in [3.63, 3.8) is 0 Å². The number of nitrogens with zero attached hydrogens (tertiary/aromatic N) is 9. The number of piperidine rings is 3. The molecule has 18 heteroatoms. The molecule has 5 aromatic heterocycles. The lowest BCUT2D eigenvalue weighted by atomic mass is 10.0. The molecular weight excluding hydrogens is 975 g/mol. The van der Waals surface area contributed by atoms with Crippen LogP contribution in [0.2, 0.25) is 0 Å². The number of hydrogen-bond donors (Lipinski definition) is 1. The summed E-state index contributed by atoms with van der Waals surface area (Å²) < 4.78 is 16.4. The second-order valence-electron chi connectivity index (χ2n) is 18.7. The summed E-state index contributed by atoms with van der Waals surface area (Å²) in [6.45, 7) is 4.71. The van der Waals surface area contributed by atoms with Gasteiger partial charge in [-0.15, -0.1) is 22.7 Å². The number of amides is 3. The van der Waals surface area contributed by atoms with E-state index in [2.05, 4.69) is 30.6 Å². The van der Waals surface area contributed by atoms with Gasteiger partial charge in [0.2, 0.25) is 0 Å². The van der Waals surface area contributed by atoms with Gasteiger partial charge in [-0.25, -0.2) is 29.7 Å². The number of aromatic carboxylic acids is 1. The number of benzene rings is 4. The van der Waals surface area contributed by atoms with E-state index in [4.69, 9.17) is 14.5 Å². The Labute approximate surface area is 434 Å². The number of carboxylic acids is 1. The van der Waals surface area contributed by atoms with E-state index in [0.29, 0.717) is 95.6 Å². The number of fused-ring (bicyclic) bond motifs is 4. The number of carbonyl (C=O) groups is 4. The molecule has 12 rings (SSSR count). The van der Waals surface area contributed by atoms with E-state index in [1.54, 1.807) is 58.0 Å². The number of carboxylic acid groups (broad SMARTS) is 1. The smallest absolute Gasteiger partial charge is 0.354 e. The first kappa shape index (κ1) is 48.4. The van der Waals surface area contributed by atoms with Crippen LogP contribution in [0.5, 0.6) is 11.5 Å². The Kier molecular flexibility index (Phi) is 14.2. The minimum Gasteiger partial charge on any atom is -0.486 e. The lowest BCUT2D eigenvalue weighted by Gasteiger charge is -2.32. The van der Waals surface area contributed by atoms with Gasteiger partial charge in [-0.1, -0.05) is 24.3 Å². The molecule has 0 bridgehead atoms. The van der Waals surface area contributed by atoms with Gasteiger partial charge < -0.3 is 33.8 Å². The predicted octanol–water partition coefficient (Wildman–Crippen LogP) is 10.5. The van der Waals surface area contributed by atoms with Crippen LogP contribution in [0.1, 0.15) is 109 Å². The van der Waals surface area contributed by atoms with Crippen LogP contribution in [0.25, 0.3) is 42.2 Å². The Morgan fingerprint density at radius 2 is 1.03 bits per heavy atom. The number of hydrogen-bond acceptors (Lipinski definition) is 13. The molecule has 3 amide bonds. The Morgan fingerprint density at radius 3 is 1.51 bits per heavy atom. The zero-order valence-electron chi connectivity index (χ0n) is 40.6. The molecule has 0 saturated carbocycles. The van der Waals surface area contributed by atoms with Crippen molar-refractivity contribution < 1.29 is 33.8 Å². The lowest BCUT2D eigenvalue weighted by Crippen LogP contribution is -2.39. The van der Waals surface area contributed by atoms with Crippen LogP contribution >= 0.6 is 22.7 Å². The highest BCUT2D eigenvalue weighted by Gasteiger charge is 2.29. The van der Waals surface area contributed by atoms with Gasteiger partial charge in [0, 0.05) is 68.5 Å². The summed E-state index contributed by atoms with van der Waals surface area (Å²) in [5.74, 6) is -0.298. The number of thiazole rings is 2. The zero-order chi connectivity index (χ0) is 50.5. The first-order valence-corrected chi connectivity index (χ1v) is 26.8. The van der Waals surface area contributed by atoms with Crippen molar-refractivity contribution in [3.05, 3.63) is 148 Å². The molecule has 376 valence electrons. The summed E-state index contributed by atoms with van der Waals surface area (Å²) in [5.41, 5.74) is 3.99. The van der Waals surface area contributed by atoms with E-state index in [-0.39, 0.29) is 23.4 Å². The second kappa shape index (κ2) is 21.7. The summed E-state index contributed by atoms with van der Waals surface area (Å²) in [6, 6.07) is 30.1. The zero-order valence-corrected chi connectivity index (χ0v) is 42.2. The average molecular weight is 1030 g/mol. The van der Waals surface area contributed by atoms with Gasteiger partial charge in [-0.3, -0.25) is 14.4 Å². The third-order valence-electron chi connectivity index (χ3n) is 13.8. The van der Waals surface area contributed by atoms with E-state index in [9.17, 15) is 24.3 Å². The first-order valence-electron chi connectivity index (χ1n) is 25.1. The van der Waals surface area contributed by atoms with Crippen molar-refractivity contribution in [2.75, 3.05) is 39.3 Å². The van der Waals surface area contributed by atoms with E-state index in [0.717, 1.165) is 94.9 Å². The number of imidazole rings is 1. The molecule has 0 aliphatic carbocycles. The summed E-state index contributed by atoms with van der Waals surface area (Å²) in [4.78, 5) is 80.3. The van der Waals surface area contributed by atoms with Gasteiger partial charge in [-0.05, 0) is 124 Å². The fourth-order valence-electron chi connectivity index (χ4n) is 9.97. The van der Waals surface area contributed by atoms with E-state index in [1.165, 1.54) is 6.07 Å². The van der Waals surface area contributed by atoms with E-state index >= 15 is 0 Å². The number of para-hydroxylation sites is 2. The van der Waals surface area contributed by atoms with Crippen LogP contribution in [-0.4, -0.2) is 112 Å². The van der Waals surface area contributed by atoms with Crippen molar-refractivity contribution in [1.82, 2.24) is 44.2 Å². The van der Waals surface area contributed by atoms with Crippen molar-refractivity contribution in [2.24, 2.45) is 0 Å². The van der Waals surface area contributed by atoms with Gasteiger partial charge in [-0.2, -0.15) is 0 Å². The van der Waals surface area contributed by atoms with Gasteiger partial charge in [0.15, 0.2) is 0 Å². The molecule has 0 radical (unpaired) electrons. The number of ether oxygens (including phenoxy) is 2. The minimum atomic E-state index is -1.16. The Balaban J connectivity index is 0.000000165. The number of aromatic nitrogens is 6. The molecule has 0 spiro atoms. The van der Waals surface area contributed by atoms with Crippen LogP contribution in [-0.2, 0) is 13.2 Å². The maximum Gasteiger partial charge on any atom is 0.354 e. The molecule has 0 unspecified atom stereocenters. The van der Waals surface area contributed by atoms with Crippen molar-refractivity contribution in [3.8, 4) is 11.5 Å². The maximum absolute atomic E-state index is 13.8. The molecule has 3 aliphatic rings. The highest BCUT2D eigenvalue weighted by molar-refractivity contribution is 7.18. The molecule has 1 N–H and O–H groups in total. The molecule has 3 aliphatic heterocycles. The third kappa shape index (κ3) is 10.6. The Hall–Kier alpha value is -7.83. The largest absolute Gasteiger partial charge is 0.486 e. The molecule has 8 heterocycles. The summed E-state index contributed by atoms with van der Waals surface area (Å²) >= 11 is 3.19. The van der Waals surface area contributed by atoms with Crippen LogP contribution in [0.3, 0.4) is 0 Å². The number of pyridine rings is 2. The van der Waals surface area contributed by atoms with Crippen molar-refractivity contribution in [2.45, 2.75) is 70.6 Å². The normalized spacial score (nSPS) is 15.3. The number of carbonyl (C=O) groups excluding carboxylic acids is 3. The SMILES string of the molecule is O=C(O)c1cc(C(=O)N2CCCCC2)c2cc(OCc3nc4ccccc4s3)ccc2n1.O=C(c1cc(C(=O)N2CCCCC2)c2cc(OCc3nc4ccccc4s3)ccc2n1)N1CCC(n2ccnc2)CC1. The molecule has 3 saturated heterocycles. The summed E-state index contributed by atoms with van der Waals surface area (Å²) in [6.07, 6.45) is 13.4. The molecule has 9 aromatic rings. The highest BCUT2D eigenvalue weighted by atomic mass is 32.1. The lowest BCUT2D eigenvalue weighted by molar-refractivity contribution is 0.0679.